The molecule has 0 saturated carbocycles. The lowest BCUT2D eigenvalue weighted by Crippen LogP contribution is -2.38. The number of benzene rings is 1. The lowest BCUT2D eigenvalue weighted by atomic mass is 10.0. The van der Waals surface area contributed by atoms with Crippen molar-refractivity contribution in [2.75, 3.05) is 18.5 Å². The van der Waals surface area contributed by atoms with E-state index in [2.05, 4.69) is 10.6 Å². The molecular weight excluding hydrogens is 292 g/mol. The fourth-order valence-electron chi connectivity index (χ4n) is 2.00. The maximum Gasteiger partial charge on any atom is 0.313 e. The van der Waals surface area contributed by atoms with E-state index >= 15 is 0 Å². The van der Waals surface area contributed by atoms with Gasteiger partial charge in [0, 0.05) is 13.2 Å². The van der Waals surface area contributed by atoms with Crippen molar-refractivity contribution in [2.45, 2.75) is 26.2 Å². The van der Waals surface area contributed by atoms with E-state index in [1.165, 1.54) is 0 Å². The highest BCUT2D eigenvalue weighted by molar-refractivity contribution is 6.41. The molecular formula is C15H21ClN2O3. The first kappa shape index (κ1) is 17.5. The summed E-state index contributed by atoms with van der Waals surface area (Å²) in [4.78, 5) is 23.5. The molecule has 6 heteroatoms. The first-order valence-electron chi connectivity index (χ1n) is 7.03. The molecule has 21 heavy (non-hydrogen) atoms. The molecule has 1 aromatic carbocycles. The van der Waals surface area contributed by atoms with Gasteiger partial charge in [0.25, 0.3) is 0 Å². The van der Waals surface area contributed by atoms with Crippen molar-refractivity contribution in [1.82, 2.24) is 5.32 Å². The molecule has 0 aliphatic carbocycles. The SMILES string of the molecule is CCCC(CCO)CNC(=O)C(=O)Nc1ccccc1Cl. The van der Waals surface area contributed by atoms with E-state index in [0.29, 0.717) is 23.7 Å². The summed E-state index contributed by atoms with van der Waals surface area (Å²) in [5.74, 6) is -1.27. The van der Waals surface area contributed by atoms with Gasteiger partial charge in [-0.3, -0.25) is 9.59 Å². The van der Waals surface area contributed by atoms with Gasteiger partial charge in [-0.1, -0.05) is 37.1 Å². The minimum absolute atomic E-state index is 0.0758. The van der Waals surface area contributed by atoms with Crippen LogP contribution in [-0.4, -0.2) is 30.1 Å². The summed E-state index contributed by atoms with van der Waals surface area (Å²) in [6.45, 7) is 2.49. The van der Waals surface area contributed by atoms with Gasteiger partial charge in [-0.2, -0.15) is 0 Å². The molecule has 0 aromatic heterocycles. The summed E-state index contributed by atoms with van der Waals surface area (Å²) in [7, 11) is 0. The van der Waals surface area contributed by atoms with Crippen LogP contribution in [0.4, 0.5) is 5.69 Å². The Morgan fingerprint density at radius 2 is 1.95 bits per heavy atom. The lowest BCUT2D eigenvalue weighted by molar-refractivity contribution is -0.136. The standard InChI is InChI=1S/C15H21ClN2O3/c1-2-5-11(8-9-19)10-17-14(20)15(21)18-13-7-4-3-6-12(13)16/h3-4,6-7,11,19H,2,5,8-10H2,1H3,(H,17,20)(H,18,21). The Morgan fingerprint density at radius 3 is 2.57 bits per heavy atom. The van der Waals surface area contributed by atoms with E-state index < -0.39 is 11.8 Å². The number of rotatable bonds is 7. The van der Waals surface area contributed by atoms with Crippen molar-refractivity contribution in [3.8, 4) is 0 Å². The molecule has 0 heterocycles. The fourth-order valence-corrected chi connectivity index (χ4v) is 2.18. The van der Waals surface area contributed by atoms with Crippen molar-refractivity contribution in [2.24, 2.45) is 5.92 Å². The molecule has 1 atom stereocenters. The Bertz CT molecular complexity index is 474. The number of carbonyl (C=O) groups excluding carboxylic acids is 2. The maximum atomic E-state index is 11.8. The lowest BCUT2D eigenvalue weighted by Gasteiger charge is -2.15. The molecule has 0 fully saturated rings. The normalized spacial score (nSPS) is 11.8. The Hall–Kier alpha value is -1.59. The summed E-state index contributed by atoms with van der Waals surface area (Å²) in [6.07, 6.45) is 2.47. The van der Waals surface area contributed by atoms with Crippen molar-refractivity contribution < 1.29 is 14.7 Å². The van der Waals surface area contributed by atoms with Crippen molar-refractivity contribution in [3.63, 3.8) is 0 Å². The van der Waals surface area contributed by atoms with Crippen LogP contribution in [0.15, 0.2) is 24.3 Å². The number of anilines is 1. The van der Waals surface area contributed by atoms with Crippen LogP contribution in [-0.2, 0) is 9.59 Å². The Labute approximate surface area is 129 Å². The number of nitrogens with one attached hydrogen (secondary N) is 2. The highest BCUT2D eigenvalue weighted by Crippen LogP contribution is 2.20. The Kier molecular flexibility index (Phi) is 7.79. The van der Waals surface area contributed by atoms with Gasteiger partial charge in [-0.25, -0.2) is 0 Å². The highest BCUT2D eigenvalue weighted by Gasteiger charge is 2.16. The van der Waals surface area contributed by atoms with Gasteiger partial charge in [0.1, 0.15) is 0 Å². The molecule has 0 bridgehead atoms. The highest BCUT2D eigenvalue weighted by atomic mass is 35.5. The second-order valence-electron chi connectivity index (χ2n) is 4.81. The van der Waals surface area contributed by atoms with E-state index in [9.17, 15) is 9.59 Å². The Balaban J connectivity index is 2.47. The predicted molar refractivity (Wildman–Crippen MR) is 83.2 cm³/mol. The summed E-state index contributed by atoms with van der Waals surface area (Å²) >= 11 is 5.91. The van der Waals surface area contributed by atoms with Crippen LogP contribution in [0.25, 0.3) is 0 Å². The number of para-hydroxylation sites is 1. The largest absolute Gasteiger partial charge is 0.396 e. The van der Waals surface area contributed by atoms with Gasteiger partial charge in [0.05, 0.1) is 10.7 Å². The maximum absolute atomic E-state index is 11.8. The van der Waals surface area contributed by atoms with E-state index in [-0.39, 0.29) is 12.5 Å². The monoisotopic (exact) mass is 312 g/mol. The number of hydrogen-bond donors (Lipinski definition) is 3. The average molecular weight is 313 g/mol. The molecule has 5 nitrogen and oxygen atoms in total. The molecule has 0 radical (unpaired) electrons. The zero-order valence-corrected chi connectivity index (χ0v) is 12.8. The molecule has 0 spiro atoms. The predicted octanol–water partition coefficient (Wildman–Crippen LogP) is 2.19. The molecule has 2 amide bonds. The second kappa shape index (κ2) is 9.37. The first-order chi connectivity index (χ1) is 10.1. The topological polar surface area (TPSA) is 78.4 Å². The zero-order chi connectivity index (χ0) is 15.7. The second-order valence-corrected chi connectivity index (χ2v) is 5.22. The summed E-state index contributed by atoms with van der Waals surface area (Å²) in [5.41, 5.74) is 0.403. The van der Waals surface area contributed by atoms with Gasteiger partial charge < -0.3 is 15.7 Å². The van der Waals surface area contributed by atoms with Gasteiger partial charge in [-0.15, -0.1) is 0 Å². The number of aliphatic hydroxyl groups is 1. The van der Waals surface area contributed by atoms with Crippen LogP contribution in [0.5, 0.6) is 0 Å². The number of carbonyl (C=O) groups is 2. The number of amides is 2. The summed E-state index contributed by atoms with van der Waals surface area (Å²) < 4.78 is 0. The van der Waals surface area contributed by atoms with E-state index in [4.69, 9.17) is 16.7 Å². The Morgan fingerprint density at radius 1 is 1.24 bits per heavy atom. The minimum Gasteiger partial charge on any atom is -0.396 e. The number of halogens is 1. The van der Waals surface area contributed by atoms with Crippen LogP contribution < -0.4 is 10.6 Å². The third kappa shape index (κ3) is 6.14. The third-order valence-corrected chi connectivity index (χ3v) is 3.44. The van der Waals surface area contributed by atoms with Crippen molar-refractivity contribution in [3.05, 3.63) is 29.3 Å². The van der Waals surface area contributed by atoms with Gasteiger partial charge in [0.15, 0.2) is 0 Å². The summed E-state index contributed by atoms with van der Waals surface area (Å²) in [6, 6.07) is 6.72. The molecule has 1 rings (SSSR count). The number of hydrogen-bond acceptors (Lipinski definition) is 3. The molecule has 1 aromatic rings. The molecule has 0 aliphatic heterocycles. The van der Waals surface area contributed by atoms with Crippen LogP contribution in [0, 0.1) is 5.92 Å². The smallest absolute Gasteiger partial charge is 0.313 e. The first-order valence-corrected chi connectivity index (χ1v) is 7.40. The van der Waals surface area contributed by atoms with Crippen LogP contribution in [0.3, 0.4) is 0 Å². The van der Waals surface area contributed by atoms with E-state index in [0.717, 1.165) is 12.8 Å². The zero-order valence-electron chi connectivity index (χ0n) is 12.1. The number of aliphatic hydroxyl groups excluding tert-OH is 1. The molecule has 3 N–H and O–H groups in total. The van der Waals surface area contributed by atoms with Crippen molar-refractivity contribution >= 4 is 29.1 Å². The van der Waals surface area contributed by atoms with Crippen LogP contribution in [0.1, 0.15) is 26.2 Å². The molecule has 116 valence electrons. The quantitative estimate of drug-likeness (QED) is 0.675. The van der Waals surface area contributed by atoms with Crippen LogP contribution >= 0.6 is 11.6 Å². The van der Waals surface area contributed by atoms with Crippen LogP contribution in [0.2, 0.25) is 5.02 Å². The molecule has 0 saturated heterocycles. The fraction of sp³-hybridized carbons (Fsp3) is 0.467. The van der Waals surface area contributed by atoms with E-state index in [1.807, 2.05) is 6.92 Å². The van der Waals surface area contributed by atoms with Gasteiger partial charge in [-0.05, 0) is 30.9 Å². The van der Waals surface area contributed by atoms with E-state index in [1.54, 1.807) is 24.3 Å². The molecule has 1 unspecified atom stereocenters. The van der Waals surface area contributed by atoms with Gasteiger partial charge in [0.2, 0.25) is 0 Å². The third-order valence-electron chi connectivity index (χ3n) is 3.11. The van der Waals surface area contributed by atoms with Crippen molar-refractivity contribution in [1.29, 1.82) is 0 Å². The minimum atomic E-state index is -0.748. The van der Waals surface area contributed by atoms with Gasteiger partial charge >= 0.3 is 11.8 Å². The summed E-state index contributed by atoms with van der Waals surface area (Å²) in [5, 5.41) is 14.4. The molecule has 0 aliphatic rings. The average Bonchev–Trinajstić information content (AvgIpc) is 2.47.